The highest BCUT2D eigenvalue weighted by atomic mass is 32.3. The first-order valence-electron chi connectivity index (χ1n) is 2.32. The maximum atomic E-state index is 10.4. The van der Waals surface area contributed by atoms with Crippen molar-refractivity contribution >= 4 is 10.6 Å². The summed E-state index contributed by atoms with van der Waals surface area (Å²) in [6.45, 7) is 3.30. The topological polar surface area (TPSA) is 46.1 Å². The van der Waals surface area contributed by atoms with Gasteiger partial charge in [0.15, 0.2) is 0 Å². The van der Waals surface area contributed by atoms with E-state index in [2.05, 4.69) is 0 Å². The Labute approximate surface area is 45.9 Å². The fourth-order valence-corrected chi connectivity index (χ4v) is 0.612. The molecule has 3 heteroatoms. The van der Waals surface area contributed by atoms with Crippen LogP contribution in [0.25, 0.3) is 0 Å². The standard InChI is InChI=1S/C4H12O2S/c1-3-7(5,6)4-2/h5-6H,3-4H2,1-2H3/p-2. The number of sulfone groups is 1. The van der Waals surface area contributed by atoms with Crippen LogP contribution in [0, 0.1) is 0 Å². The Morgan fingerprint density at radius 2 is 1.43 bits per heavy atom. The average molecular weight is 122 g/mol. The molecule has 0 aliphatic carbocycles. The van der Waals surface area contributed by atoms with E-state index in [9.17, 15) is 9.11 Å². The minimum atomic E-state index is -2.66. The van der Waals surface area contributed by atoms with E-state index in [0.29, 0.717) is 0 Å². The van der Waals surface area contributed by atoms with Crippen molar-refractivity contribution in [1.29, 1.82) is 0 Å². The normalized spacial score (nSPS) is 14.3. The predicted molar refractivity (Wildman–Crippen MR) is 30.2 cm³/mol. The van der Waals surface area contributed by atoms with Crippen molar-refractivity contribution in [2.75, 3.05) is 11.5 Å². The van der Waals surface area contributed by atoms with Gasteiger partial charge in [-0.1, -0.05) is 13.8 Å². The van der Waals surface area contributed by atoms with E-state index < -0.39 is 10.6 Å². The second-order valence-corrected chi connectivity index (χ2v) is 3.96. The highest BCUT2D eigenvalue weighted by molar-refractivity contribution is 8.24. The van der Waals surface area contributed by atoms with Crippen LogP contribution in [-0.2, 0) is 0 Å². The van der Waals surface area contributed by atoms with Gasteiger partial charge in [-0.25, -0.2) is 0 Å². The van der Waals surface area contributed by atoms with E-state index in [4.69, 9.17) is 0 Å². The Morgan fingerprint density at radius 3 is 1.43 bits per heavy atom. The van der Waals surface area contributed by atoms with Gasteiger partial charge in [-0.3, -0.25) is 0 Å². The molecule has 0 bridgehead atoms. The van der Waals surface area contributed by atoms with Crippen LogP contribution >= 0.6 is 10.6 Å². The second kappa shape index (κ2) is 2.55. The Morgan fingerprint density at radius 1 is 1.14 bits per heavy atom. The van der Waals surface area contributed by atoms with Gasteiger partial charge in [0.1, 0.15) is 0 Å². The zero-order valence-electron chi connectivity index (χ0n) is 4.64. The molecule has 0 aliphatic rings. The molecule has 0 radical (unpaired) electrons. The lowest BCUT2D eigenvalue weighted by molar-refractivity contribution is 0.448. The van der Waals surface area contributed by atoms with Gasteiger partial charge >= 0.3 is 0 Å². The molecule has 0 unspecified atom stereocenters. The molecule has 7 heavy (non-hydrogen) atoms. The molecule has 2 nitrogen and oxygen atoms in total. The smallest absolute Gasteiger partial charge is 0.0328 e. The zero-order valence-corrected chi connectivity index (χ0v) is 5.46. The number of hydrogen-bond acceptors (Lipinski definition) is 2. The van der Waals surface area contributed by atoms with Crippen LogP contribution in [0.3, 0.4) is 0 Å². The Balaban J connectivity index is 3.36. The van der Waals surface area contributed by atoms with Crippen LogP contribution in [-0.4, -0.2) is 20.6 Å². The zero-order chi connectivity index (χ0) is 5.91. The van der Waals surface area contributed by atoms with E-state index in [1.165, 1.54) is 0 Å². The quantitative estimate of drug-likeness (QED) is 0.550. The van der Waals surface area contributed by atoms with Crippen LogP contribution < -0.4 is 0 Å². The third-order valence-corrected chi connectivity index (χ3v) is 2.64. The summed E-state index contributed by atoms with van der Waals surface area (Å²) in [6, 6.07) is 0. The molecule has 46 valence electrons. The van der Waals surface area contributed by atoms with Gasteiger partial charge in [0.2, 0.25) is 0 Å². The van der Waals surface area contributed by atoms with E-state index in [-0.39, 0.29) is 11.5 Å². The summed E-state index contributed by atoms with van der Waals surface area (Å²) in [7, 11) is -2.66. The highest BCUT2D eigenvalue weighted by Crippen LogP contribution is 2.35. The average Bonchev–Trinajstić information content (AvgIpc) is 1.68. The first kappa shape index (κ1) is 7.27. The van der Waals surface area contributed by atoms with Gasteiger partial charge in [-0.2, -0.15) is 0 Å². The fraction of sp³-hybridized carbons (Fsp3) is 1.00. The van der Waals surface area contributed by atoms with E-state index in [0.717, 1.165) is 0 Å². The molecule has 0 aromatic heterocycles. The summed E-state index contributed by atoms with van der Waals surface area (Å²) in [5, 5.41) is 0. The van der Waals surface area contributed by atoms with Gasteiger partial charge < -0.3 is 19.7 Å². The molecule has 0 aromatic rings. The summed E-state index contributed by atoms with van der Waals surface area (Å²) in [4.78, 5) is 0. The number of hydrogen-bond donors (Lipinski definition) is 0. The molecule has 0 fully saturated rings. The van der Waals surface area contributed by atoms with Gasteiger partial charge in [-0.15, -0.1) is 0 Å². The van der Waals surface area contributed by atoms with Crippen molar-refractivity contribution in [3.63, 3.8) is 0 Å². The SMILES string of the molecule is CCS([O-])([O-])CC. The fourth-order valence-electron chi connectivity index (χ4n) is 0.204. The summed E-state index contributed by atoms with van der Waals surface area (Å²) < 4.78 is 20.7. The maximum absolute atomic E-state index is 10.4. The van der Waals surface area contributed by atoms with Crippen molar-refractivity contribution in [3.05, 3.63) is 0 Å². The van der Waals surface area contributed by atoms with Gasteiger partial charge in [0.25, 0.3) is 0 Å². The first-order valence-corrected chi connectivity index (χ1v) is 4.15. The van der Waals surface area contributed by atoms with E-state index in [1.807, 2.05) is 0 Å². The molecule has 0 spiro atoms. The van der Waals surface area contributed by atoms with Crippen molar-refractivity contribution in [1.82, 2.24) is 0 Å². The minimum Gasteiger partial charge on any atom is -0.800 e. The van der Waals surface area contributed by atoms with Crippen LogP contribution in [0.5, 0.6) is 0 Å². The van der Waals surface area contributed by atoms with Crippen LogP contribution in [0.4, 0.5) is 0 Å². The minimum absolute atomic E-state index is 0.267. The Kier molecular flexibility index (Phi) is 2.64. The van der Waals surface area contributed by atoms with E-state index in [1.54, 1.807) is 13.8 Å². The van der Waals surface area contributed by atoms with Crippen molar-refractivity contribution in [3.8, 4) is 0 Å². The third kappa shape index (κ3) is 2.91. The third-order valence-electron chi connectivity index (χ3n) is 0.880. The van der Waals surface area contributed by atoms with Gasteiger partial charge in [-0.05, 0) is 11.5 Å². The van der Waals surface area contributed by atoms with Crippen molar-refractivity contribution in [2.24, 2.45) is 0 Å². The van der Waals surface area contributed by atoms with Crippen LogP contribution in [0.15, 0.2) is 0 Å². The molecular formula is C4H10O2S-2. The predicted octanol–water partition coefficient (Wildman–Crippen LogP) is 1.09. The molecule has 0 N–H and O–H groups in total. The lowest BCUT2D eigenvalue weighted by Crippen LogP contribution is -2.02. The molecule has 0 rings (SSSR count). The molecule has 0 saturated carbocycles. The van der Waals surface area contributed by atoms with Gasteiger partial charge in [0, 0.05) is 0 Å². The summed E-state index contributed by atoms with van der Waals surface area (Å²) in [5.41, 5.74) is 0. The first-order chi connectivity index (χ1) is 3.12. The monoisotopic (exact) mass is 122 g/mol. The molecule has 0 aliphatic heterocycles. The molecule has 0 heterocycles. The molecular weight excluding hydrogens is 112 g/mol. The summed E-state index contributed by atoms with van der Waals surface area (Å²) >= 11 is 0. The Hall–Kier alpha value is 0.270. The van der Waals surface area contributed by atoms with Crippen LogP contribution in [0.2, 0.25) is 0 Å². The number of rotatable bonds is 2. The lowest BCUT2D eigenvalue weighted by Gasteiger charge is -2.59. The summed E-state index contributed by atoms with van der Waals surface area (Å²) in [6.07, 6.45) is 0. The lowest BCUT2D eigenvalue weighted by atomic mass is 11.0. The molecule has 0 atom stereocenters. The van der Waals surface area contributed by atoms with Crippen molar-refractivity contribution in [2.45, 2.75) is 13.8 Å². The highest BCUT2D eigenvalue weighted by Gasteiger charge is 1.79. The molecule has 0 saturated heterocycles. The molecule has 0 aromatic carbocycles. The van der Waals surface area contributed by atoms with Crippen molar-refractivity contribution < 1.29 is 9.11 Å². The van der Waals surface area contributed by atoms with Gasteiger partial charge in [0.05, 0.1) is 0 Å². The maximum Gasteiger partial charge on any atom is -0.0328 e. The Bertz CT molecular complexity index is 47.7. The largest absolute Gasteiger partial charge is 0.800 e. The second-order valence-electron chi connectivity index (χ2n) is 1.32. The van der Waals surface area contributed by atoms with E-state index >= 15 is 0 Å². The summed E-state index contributed by atoms with van der Waals surface area (Å²) in [5.74, 6) is 0.535. The van der Waals surface area contributed by atoms with Crippen LogP contribution in [0.1, 0.15) is 13.8 Å². The molecule has 0 amide bonds.